The molecule has 0 fully saturated rings. The molecule has 1 unspecified atom stereocenters. The molecule has 4 heteroatoms. The molecule has 0 aliphatic carbocycles. The van der Waals surface area contributed by atoms with E-state index >= 15 is 0 Å². The van der Waals surface area contributed by atoms with Gasteiger partial charge in [-0.2, -0.15) is 0 Å². The Kier molecular flexibility index (Phi) is 7.29. The molecule has 1 amide bonds. The van der Waals surface area contributed by atoms with Gasteiger partial charge in [0.05, 0.1) is 6.42 Å². The third-order valence-corrected chi connectivity index (χ3v) is 3.81. The first-order chi connectivity index (χ1) is 8.26. The Hall–Kier alpha value is -0.540. The van der Waals surface area contributed by atoms with Gasteiger partial charge in [0, 0.05) is 17.3 Å². The van der Waals surface area contributed by atoms with Gasteiger partial charge < -0.3 is 5.32 Å². The summed E-state index contributed by atoms with van der Waals surface area (Å²) in [5, 5.41) is 5.00. The Morgan fingerprint density at radius 3 is 2.94 bits per heavy atom. The molecule has 0 bridgehead atoms. The smallest absolute Gasteiger partial charge is 0.225 e. The van der Waals surface area contributed by atoms with Crippen molar-refractivity contribution in [2.45, 2.75) is 32.6 Å². The van der Waals surface area contributed by atoms with Crippen molar-refractivity contribution in [3.63, 3.8) is 0 Å². The Morgan fingerprint density at radius 2 is 2.35 bits per heavy atom. The molecule has 0 aliphatic heterocycles. The average molecular weight is 274 g/mol. The molecule has 1 aromatic rings. The first kappa shape index (κ1) is 14.5. The van der Waals surface area contributed by atoms with Crippen molar-refractivity contribution in [1.82, 2.24) is 5.32 Å². The highest BCUT2D eigenvalue weighted by Gasteiger charge is 2.09. The molecule has 1 N–H and O–H groups in total. The van der Waals surface area contributed by atoms with E-state index in [1.165, 1.54) is 0 Å². The van der Waals surface area contributed by atoms with Gasteiger partial charge in [-0.3, -0.25) is 4.79 Å². The van der Waals surface area contributed by atoms with Crippen LogP contribution in [0.15, 0.2) is 17.5 Å². The van der Waals surface area contributed by atoms with Gasteiger partial charge in [-0.05, 0) is 30.2 Å². The summed E-state index contributed by atoms with van der Waals surface area (Å²) in [4.78, 5) is 12.8. The molecule has 0 aliphatic rings. The van der Waals surface area contributed by atoms with Gasteiger partial charge in [0.2, 0.25) is 5.91 Å². The molecule has 1 heterocycles. The van der Waals surface area contributed by atoms with E-state index in [4.69, 9.17) is 11.6 Å². The monoisotopic (exact) mass is 273 g/mol. The molecule has 0 aromatic carbocycles. The number of carbonyl (C=O) groups is 1. The van der Waals surface area contributed by atoms with Gasteiger partial charge in [0.25, 0.3) is 0 Å². The van der Waals surface area contributed by atoms with E-state index in [1.54, 1.807) is 11.3 Å². The highest BCUT2D eigenvalue weighted by Crippen LogP contribution is 2.12. The van der Waals surface area contributed by atoms with Crippen LogP contribution in [-0.4, -0.2) is 18.3 Å². The van der Waals surface area contributed by atoms with Crippen LogP contribution in [-0.2, 0) is 11.2 Å². The van der Waals surface area contributed by atoms with Crippen LogP contribution < -0.4 is 5.32 Å². The van der Waals surface area contributed by atoms with Crippen LogP contribution in [0.3, 0.4) is 0 Å². The maximum atomic E-state index is 11.7. The van der Waals surface area contributed by atoms with Crippen LogP contribution in [0.4, 0.5) is 0 Å². The molecular weight excluding hydrogens is 254 g/mol. The van der Waals surface area contributed by atoms with Crippen LogP contribution in [0.5, 0.6) is 0 Å². The van der Waals surface area contributed by atoms with E-state index in [2.05, 4.69) is 12.2 Å². The van der Waals surface area contributed by atoms with Crippen LogP contribution in [0.2, 0.25) is 0 Å². The predicted octanol–water partition coefficient (Wildman–Crippen LogP) is 3.45. The third kappa shape index (κ3) is 6.08. The molecule has 2 nitrogen and oxygen atoms in total. The van der Waals surface area contributed by atoms with E-state index in [-0.39, 0.29) is 5.91 Å². The largest absolute Gasteiger partial charge is 0.356 e. The number of hydrogen-bond donors (Lipinski definition) is 1. The van der Waals surface area contributed by atoms with Crippen molar-refractivity contribution >= 4 is 28.8 Å². The summed E-state index contributed by atoms with van der Waals surface area (Å²) < 4.78 is 0. The fourth-order valence-electron chi connectivity index (χ4n) is 1.80. The molecule has 1 rings (SSSR count). The molecule has 1 atom stereocenters. The van der Waals surface area contributed by atoms with Gasteiger partial charge in [-0.25, -0.2) is 0 Å². The lowest BCUT2D eigenvalue weighted by Crippen LogP contribution is -2.30. The molecule has 17 heavy (non-hydrogen) atoms. The summed E-state index contributed by atoms with van der Waals surface area (Å²) in [7, 11) is 0. The number of amides is 1. The molecule has 0 saturated carbocycles. The van der Waals surface area contributed by atoms with Crippen molar-refractivity contribution in [2.75, 3.05) is 12.4 Å². The predicted molar refractivity (Wildman–Crippen MR) is 74.8 cm³/mol. The quantitative estimate of drug-likeness (QED) is 0.722. The number of alkyl halides is 1. The number of hydrogen-bond acceptors (Lipinski definition) is 2. The van der Waals surface area contributed by atoms with Crippen molar-refractivity contribution in [1.29, 1.82) is 0 Å². The summed E-state index contributed by atoms with van der Waals surface area (Å²) >= 11 is 7.38. The molecule has 1 aromatic heterocycles. The van der Waals surface area contributed by atoms with Gasteiger partial charge in [0.1, 0.15) is 0 Å². The van der Waals surface area contributed by atoms with Gasteiger partial charge in [-0.15, -0.1) is 22.9 Å². The Balaban J connectivity index is 2.25. The van der Waals surface area contributed by atoms with E-state index in [0.29, 0.717) is 18.2 Å². The van der Waals surface area contributed by atoms with Gasteiger partial charge >= 0.3 is 0 Å². The van der Waals surface area contributed by atoms with Crippen LogP contribution in [0.1, 0.15) is 31.1 Å². The summed E-state index contributed by atoms with van der Waals surface area (Å²) in [6.07, 6.45) is 3.75. The number of halogens is 1. The standard InChI is InChI=1S/C13H20ClNOS/c1-2-4-11(6-7-14)10-15-13(16)9-12-5-3-8-17-12/h3,5,8,11H,2,4,6-7,9-10H2,1H3,(H,15,16). The first-order valence-corrected chi connectivity index (χ1v) is 7.52. The van der Waals surface area contributed by atoms with Crippen molar-refractivity contribution in [3.05, 3.63) is 22.4 Å². The second-order valence-electron chi connectivity index (χ2n) is 4.19. The van der Waals surface area contributed by atoms with Crippen LogP contribution in [0, 0.1) is 5.92 Å². The van der Waals surface area contributed by atoms with E-state index < -0.39 is 0 Å². The summed E-state index contributed by atoms with van der Waals surface area (Å²) in [6.45, 7) is 2.92. The zero-order chi connectivity index (χ0) is 12.5. The summed E-state index contributed by atoms with van der Waals surface area (Å²) in [6, 6.07) is 3.97. The summed E-state index contributed by atoms with van der Waals surface area (Å²) in [5.41, 5.74) is 0. The van der Waals surface area contributed by atoms with E-state index in [0.717, 1.165) is 30.7 Å². The van der Waals surface area contributed by atoms with Crippen LogP contribution >= 0.6 is 22.9 Å². The minimum Gasteiger partial charge on any atom is -0.356 e. The van der Waals surface area contributed by atoms with E-state index in [1.807, 2.05) is 17.5 Å². The van der Waals surface area contributed by atoms with Crippen molar-refractivity contribution in [3.8, 4) is 0 Å². The zero-order valence-electron chi connectivity index (χ0n) is 10.2. The normalized spacial score (nSPS) is 12.4. The summed E-state index contributed by atoms with van der Waals surface area (Å²) in [5.74, 6) is 1.30. The lowest BCUT2D eigenvalue weighted by Gasteiger charge is -2.15. The molecular formula is C13H20ClNOS. The van der Waals surface area contributed by atoms with E-state index in [9.17, 15) is 4.79 Å². The van der Waals surface area contributed by atoms with Gasteiger partial charge in [-0.1, -0.05) is 19.4 Å². The second kappa shape index (κ2) is 8.54. The zero-order valence-corrected chi connectivity index (χ0v) is 11.8. The lowest BCUT2D eigenvalue weighted by atomic mass is 10.0. The molecule has 96 valence electrons. The highest BCUT2D eigenvalue weighted by molar-refractivity contribution is 7.10. The SMILES string of the molecule is CCCC(CCCl)CNC(=O)Cc1cccs1. The van der Waals surface area contributed by atoms with Crippen molar-refractivity contribution in [2.24, 2.45) is 5.92 Å². The maximum absolute atomic E-state index is 11.7. The average Bonchev–Trinajstić information content (AvgIpc) is 2.79. The van der Waals surface area contributed by atoms with Gasteiger partial charge in [0.15, 0.2) is 0 Å². The number of carbonyl (C=O) groups excluding carboxylic acids is 1. The fourth-order valence-corrected chi connectivity index (χ4v) is 2.82. The number of thiophene rings is 1. The minimum absolute atomic E-state index is 0.114. The Morgan fingerprint density at radius 1 is 1.53 bits per heavy atom. The lowest BCUT2D eigenvalue weighted by molar-refractivity contribution is -0.120. The second-order valence-corrected chi connectivity index (χ2v) is 5.60. The van der Waals surface area contributed by atoms with Crippen LogP contribution in [0.25, 0.3) is 0 Å². The highest BCUT2D eigenvalue weighted by atomic mass is 35.5. The fraction of sp³-hybridized carbons (Fsp3) is 0.615. The molecule has 0 saturated heterocycles. The third-order valence-electron chi connectivity index (χ3n) is 2.72. The Bertz CT molecular complexity index is 307. The minimum atomic E-state index is 0.114. The number of nitrogens with one attached hydrogen (secondary N) is 1. The topological polar surface area (TPSA) is 29.1 Å². The molecule has 0 spiro atoms. The first-order valence-electron chi connectivity index (χ1n) is 6.11. The number of rotatable bonds is 8. The van der Waals surface area contributed by atoms with Crippen molar-refractivity contribution < 1.29 is 4.79 Å². The Labute approximate surface area is 112 Å². The molecule has 0 radical (unpaired) electrons. The maximum Gasteiger partial charge on any atom is 0.225 e.